The molecule has 5 nitrogen and oxygen atoms in total. The molecule has 25 heavy (non-hydrogen) atoms. The summed E-state index contributed by atoms with van der Waals surface area (Å²) in [5, 5.41) is 11.8. The molecule has 2 rings (SSSR count). The Morgan fingerprint density at radius 1 is 1.20 bits per heavy atom. The van der Waals surface area contributed by atoms with Crippen LogP contribution in [0.5, 0.6) is 0 Å². The van der Waals surface area contributed by atoms with Gasteiger partial charge in [0.25, 0.3) is 6.71 Å². The molecule has 6 heteroatoms. The number of nitriles is 1. The topological polar surface area (TPSA) is 73.2 Å². The predicted molar refractivity (Wildman–Crippen MR) is 102 cm³/mol. The van der Waals surface area contributed by atoms with E-state index in [0.29, 0.717) is 0 Å². The minimum atomic E-state index is -0.408. The van der Waals surface area contributed by atoms with E-state index in [9.17, 15) is 9.59 Å². The molecular weight excluding hydrogens is 313 g/mol. The first-order chi connectivity index (χ1) is 12.0. The van der Waals surface area contributed by atoms with E-state index in [1.165, 1.54) is 6.42 Å². The number of hydrogen-bond donors (Lipinski definition) is 1. The van der Waals surface area contributed by atoms with Crippen molar-refractivity contribution in [1.29, 1.82) is 5.26 Å². The fourth-order valence-corrected chi connectivity index (χ4v) is 3.84. The third-order valence-corrected chi connectivity index (χ3v) is 5.25. The summed E-state index contributed by atoms with van der Waals surface area (Å²) in [5.41, 5.74) is 0. The zero-order valence-corrected chi connectivity index (χ0v) is 16.4. The molecule has 0 aromatic carbocycles. The smallest absolute Gasteiger partial charge is 0.274 e. The summed E-state index contributed by atoms with van der Waals surface area (Å²) in [6.07, 6.45) is 7.76. The SMILES string of the molecule is CB(C#N)CC(=O)NC(C(=O)N1CCCC1C)C1CCCCC1.CC. The molecule has 0 bridgehead atoms. The molecule has 0 radical (unpaired) electrons. The zero-order valence-electron chi connectivity index (χ0n) is 16.4. The third-order valence-electron chi connectivity index (χ3n) is 5.25. The van der Waals surface area contributed by atoms with Gasteiger partial charge in [0.05, 0.1) is 0 Å². The standard InChI is InChI=1S/C17H28BN3O2.C2H6/c1-13-7-6-10-21(13)17(23)16(14-8-4-3-5-9-14)20-15(22)11-18(2)12-19;1-2/h13-14,16H,3-11H2,1-2H3,(H,20,22);1-2H3. The number of nitrogens with zero attached hydrogens (tertiary/aromatic N) is 2. The Hall–Kier alpha value is -1.51. The van der Waals surface area contributed by atoms with Gasteiger partial charge in [-0.25, -0.2) is 5.26 Å². The van der Waals surface area contributed by atoms with Gasteiger partial charge in [-0.2, -0.15) is 0 Å². The van der Waals surface area contributed by atoms with Crippen molar-refractivity contribution in [3.05, 3.63) is 0 Å². The van der Waals surface area contributed by atoms with Crippen LogP contribution in [0.1, 0.15) is 65.7 Å². The van der Waals surface area contributed by atoms with Gasteiger partial charge in [0.15, 0.2) is 0 Å². The lowest BCUT2D eigenvalue weighted by molar-refractivity contribution is -0.138. The van der Waals surface area contributed by atoms with Gasteiger partial charge in [-0.15, -0.1) is 0 Å². The molecule has 1 N–H and O–H groups in total. The second kappa shape index (κ2) is 11.2. The molecule has 1 saturated carbocycles. The van der Waals surface area contributed by atoms with Crippen LogP contribution in [0, 0.1) is 17.1 Å². The summed E-state index contributed by atoms with van der Waals surface area (Å²) in [7, 11) is 0. The maximum absolute atomic E-state index is 13.0. The number of amides is 2. The minimum Gasteiger partial charge on any atom is -0.345 e. The van der Waals surface area contributed by atoms with Gasteiger partial charge in [-0.1, -0.05) is 39.9 Å². The molecular formula is C19H34BN3O2. The summed E-state index contributed by atoms with van der Waals surface area (Å²) in [6.45, 7) is 8.30. The Balaban J connectivity index is 0.00000151. The number of rotatable bonds is 5. The van der Waals surface area contributed by atoms with Gasteiger partial charge in [0, 0.05) is 24.9 Å². The molecule has 2 fully saturated rings. The van der Waals surface area contributed by atoms with E-state index in [0.717, 1.165) is 45.1 Å². The van der Waals surface area contributed by atoms with Crippen molar-refractivity contribution in [2.24, 2.45) is 5.92 Å². The number of hydrogen-bond acceptors (Lipinski definition) is 3. The van der Waals surface area contributed by atoms with Crippen LogP contribution in [-0.4, -0.2) is 42.1 Å². The van der Waals surface area contributed by atoms with Crippen molar-refractivity contribution < 1.29 is 9.59 Å². The number of likely N-dealkylation sites (tertiary alicyclic amines) is 1. The first-order valence-corrected chi connectivity index (χ1v) is 10.0. The molecule has 2 unspecified atom stereocenters. The first kappa shape index (κ1) is 21.5. The minimum absolute atomic E-state index is 0.0832. The normalized spacial score (nSPS) is 21.6. The van der Waals surface area contributed by atoms with Crippen molar-refractivity contribution in [2.45, 2.75) is 90.9 Å². The van der Waals surface area contributed by atoms with Crippen LogP contribution >= 0.6 is 0 Å². The molecule has 1 aliphatic heterocycles. The molecule has 2 aliphatic rings. The lowest BCUT2D eigenvalue weighted by Crippen LogP contribution is -2.53. The van der Waals surface area contributed by atoms with E-state index in [2.05, 4.69) is 18.2 Å². The van der Waals surface area contributed by atoms with Crippen LogP contribution in [0.15, 0.2) is 0 Å². The van der Waals surface area contributed by atoms with Gasteiger partial charge >= 0.3 is 0 Å². The summed E-state index contributed by atoms with van der Waals surface area (Å²) in [4.78, 5) is 27.2. The second-order valence-electron chi connectivity index (χ2n) is 7.20. The molecule has 2 amide bonds. The summed E-state index contributed by atoms with van der Waals surface area (Å²) in [5.74, 6) is 2.24. The van der Waals surface area contributed by atoms with E-state index < -0.39 is 6.04 Å². The molecule has 1 heterocycles. The van der Waals surface area contributed by atoms with Gasteiger partial charge < -0.3 is 10.2 Å². The average Bonchev–Trinajstić information content (AvgIpc) is 3.07. The van der Waals surface area contributed by atoms with Crippen molar-refractivity contribution >= 4 is 18.5 Å². The predicted octanol–water partition coefficient (Wildman–Crippen LogP) is 3.28. The third kappa shape index (κ3) is 6.38. The summed E-state index contributed by atoms with van der Waals surface area (Å²) in [6, 6.07) is -0.141. The monoisotopic (exact) mass is 347 g/mol. The van der Waals surface area contributed by atoms with E-state index in [1.54, 1.807) is 6.82 Å². The Morgan fingerprint density at radius 3 is 2.36 bits per heavy atom. The molecule has 1 saturated heterocycles. The Labute approximate surface area is 153 Å². The molecule has 0 aromatic rings. The van der Waals surface area contributed by atoms with Crippen molar-refractivity contribution in [3.63, 3.8) is 0 Å². The van der Waals surface area contributed by atoms with Crippen LogP contribution < -0.4 is 5.32 Å². The van der Waals surface area contributed by atoms with Gasteiger partial charge in [0.1, 0.15) is 6.04 Å². The highest BCUT2D eigenvalue weighted by Crippen LogP contribution is 2.29. The van der Waals surface area contributed by atoms with E-state index in [1.807, 2.05) is 18.7 Å². The highest BCUT2D eigenvalue weighted by Gasteiger charge is 2.36. The van der Waals surface area contributed by atoms with Crippen molar-refractivity contribution in [1.82, 2.24) is 10.2 Å². The van der Waals surface area contributed by atoms with Crippen LogP contribution in [0.2, 0.25) is 13.1 Å². The molecule has 0 aromatic heterocycles. The van der Waals surface area contributed by atoms with Gasteiger partial charge in [-0.05, 0) is 38.5 Å². The van der Waals surface area contributed by atoms with E-state index >= 15 is 0 Å². The fraction of sp³-hybridized carbons (Fsp3) is 0.842. The van der Waals surface area contributed by atoms with Gasteiger partial charge in [0.2, 0.25) is 11.8 Å². The molecule has 0 spiro atoms. The van der Waals surface area contributed by atoms with Crippen LogP contribution in [-0.2, 0) is 9.59 Å². The van der Waals surface area contributed by atoms with E-state index in [4.69, 9.17) is 5.26 Å². The maximum Gasteiger partial charge on any atom is 0.274 e. The van der Waals surface area contributed by atoms with Crippen LogP contribution in [0.4, 0.5) is 0 Å². The molecule has 2 atom stereocenters. The van der Waals surface area contributed by atoms with Gasteiger partial charge in [-0.3, -0.25) is 9.59 Å². The zero-order chi connectivity index (χ0) is 18.8. The van der Waals surface area contributed by atoms with Crippen molar-refractivity contribution in [3.8, 4) is 5.97 Å². The largest absolute Gasteiger partial charge is 0.345 e. The molecule has 140 valence electrons. The Kier molecular flexibility index (Phi) is 9.63. The summed E-state index contributed by atoms with van der Waals surface area (Å²) >= 11 is 0. The highest BCUT2D eigenvalue weighted by molar-refractivity contribution is 6.68. The van der Waals surface area contributed by atoms with E-state index in [-0.39, 0.29) is 36.8 Å². The van der Waals surface area contributed by atoms with Crippen LogP contribution in [0.25, 0.3) is 0 Å². The quantitative estimate of drug-likeness (QED) is 0.776. The highest BCUT2D eigenvalue weighted by atomic mass is 16.2. The average molecular weight is 347 g/mol. The Morgan fingerprint density at radius 2 is 1.84 bits per heavy atom. The number of carbonyl (C=O) groups excluding carboxylic acids is 2. The van der Waals surface area contributed by atoms with Crippen LogP contribution in [0.3, 0.4) is 0 Å². The lowest BCUT2D eigenvalue weighted by Gasteiger charge is -2.34. The second-order valence-corrected chi connectivity index (χ2v) is 7.20. The first-order valence-electron chi connectivity index (χ1n) is 10.0. The number of carbonyl (C=O) groups is 2. The number of nitrogens with one attached hydrogen (secondary N) is 1. The van der Waals surface area contributed by atoms with Crippen molar-refractivity contribution in [2.75, 3.05) is 6.54 Å². The fourth-order valence-electron chi connectivity index (χ4n) is 3.84. The molecule has 1 aliphatic carbocycles. The summed E-state index contributed by atoms with van der Waals surface area (Å²) < 4.78 is 0. The maximum atomic E-state index is 13.0. The Bertz CT molecular complexity index is 472. The lowest BCUT2D eigenvalue weighted by atomic mass is 9.51.